The van der Waals surface area contributed by atoms with E-state index in [9.17, 15) is 9.90 Å². The van der Waals surface area contributed by atoms with Crippen LogP contribution >= 0.6 is 0 Å². The Kier molecular flexibility index (Phi) is 5.65. The third-order valence-electron chi connectivity index (χ3n) is 2.90. The standard InChI is InChI=1S/C11H21NO3/c13-10(7-4-8-11(14)15)12-9-5-2-1-3-6-9/h9-10,12-13H,1-8H2,(H,14,15). The molecule has 1 atom stereocenters. The fourth-order valence-electron chi connectivity index (χ4n) is 2.07. The van der Waals surface area contributed by atoms with Gasteiger partial charge in [-0.2, -0.15) is 0 Å². The summed E-state index contributed by atoms with van der Waals surface area (Å²) >= 11 is 0. The van der Waals surface area contributed by atoms with Gasteiger partial charge in [0.1, 0.15) is 6.23 Å². The van der Waals surface area contributed by atoms with Crippen LogP contribution in [-0.4, -0.2) is 28.5 Å². The Morgan fingerprint density at radius 3 is 2.60 bits per heavy atom. The topological polar surface area (TPSA) is 69.6 Å². The van der Waals surface area contributed by atoms with E-state index in [0.29, 0.717) is 18.9 Å². The van der Waals surface area contributed by atoms with Crippen LogP contribution in [0.15, 0.2) is 0 Å². The molecule has 0 amide bonds. The van der Waals surface area contributed by atoms with E-state index >= 15 is 0 Å². The third-order valence-corrected chi connectivity index (χ3v) is 2.90. The summed E-state index contributed by atoms with van der Waals surface area (Å²) in [4.78, 5) is 10.3. The first kappa shape index (κ1) is 12.5. The summed E-state index contributed by atoms with van der Waals surface area (Å²) in [7, 11) is 0. The minimum absolute atomic E-state index is 0.142. The smallest absolute Gasteiger partial charge is 0.303 e. The first-order valence-corrected chi connectivity index (χ1v) is 5.84. The number of aliphatic hydroxyl groups excluding tert-OH is 1. The quantitative estimate of drug-likeness (QED) is 0.587. The first-order chi connectivity index (χ1) is 7.18. The van der Waals surface area contributed by atoms with E-state index < -0.39 is 12.2 Å². The molecule has 0 radical (unpaired) electrons. The van der Waals surface area contributed by atoms with Crippen molar-refractivity contribution in [3.8, 4) is 0 Å². The van der Waals surface area contributed by atoms with Crippen LogP contribution in [-0.2, 0) is 4.79 Å². The van der Waals surface area contributed by atoms with E-state index in [1.54, 1.807) is 0 Å². The summed E-state index contributed by atoms with van der Waals surface area (Å²) < 4.78 is 0. The third kappa shape index (κ3) is 5.74. The molecule has 0 heterocycles. The average Bonchev–Trinajstić information content (AvgIpc) is 2.18. The highest BCUT2D eigenvalue weighted by Crippen LogP contribution is 2.18. The molecular weight excluding hydrogens is 194 g/mol. The van der Waals surface area contributed by atoms with Gasteiger partial charge >= 0.3 is 5.97 Å². The number of rotatable bonds is 6. The lowest BCUT2D eigenvalue weighted by Gasteiger charge is -2.25. The van der Waals surface area contributed by atoms with Gasteiger partial charge in [-0.25, -0.2) is 0 Å². The largest absolute Gasteiger partial charge is 0.481 e. The lowest BCUT2D eigenvalue weighted by Crippen LogP contribution is -2.39. The van der Waals surface area contributed by atoms with Gasteiger partial charge in [0.25, 0.3) is 0 Å². The van der Waals surface area contributed by atoms with Gasteiger partial charge in [0, 0.05) is 12.5 Å². The van der Waals surface area contributed by atoms with Crippen molar-refractivity contribution in [3.63, 3.8) is 0 Å². The van der Waals surface area contributed by atoms with Crippen LogP contribution in [0.5, 0.6) is 0 Å². The van der Waals surface area contributed by atoms with Crippen molar-refractivity contribution in [3.05, 3.63) is 0 Å². The van der Waals surface area contributed by atoms with Gasteiger partial charge < -0.3 is 10.2 Å². The number of carboxylic acid groups (broad SMARTS) is 1. The summed E-state index contributed by atoms with van der Waals surface area (Å²) in [5, 5.41) is 21.2. The predicted molar refractivity (Wildman–Crippen MR) is 57.5 cm³/mol. The van der Waals surface area contributed by atoms with E-state index in [2.05, 4.69) is 5.32 Å². The van der Waals surface area contributed by atoms with Crippen molar-refractivity contribution in [2.75, 3.05) is 0 Å². The molecule has 0 aliphatic heterocycles. The molecule has 1 aliphatic rings. The fourth-order valence-corrected chi connectivity index (χ4v) is 2.07. The maximum Gasteiger partial charge on any atom is 0.303 e. The Morgan fingerprint density at radius 1 is 1.33 bits per heavy atom. The highest BCUT2D eigenvalue weighted by molar-refractivity contribution is 5.66. The number of nitrogens with one attached hydrogen (secondary N) is 1. The van der Waals surface area contributed by atoms with Gasteiger partial charge in [-0.15, -0.1) is 0 Å². The second-order valence-corrected chi connectivity index (χ2v) is 4.30. The minimum atomic E-state index is -0.792. The second kappa shape index (κ2) is 6.80. The zero-order chi connectivity index (χ0) is 11.1. The summed E-state index contributed by atoms with van der Waals surface area (Å²) in [6, 6.07) is 0.429. The van der Waals surface area contributed by atoms with Crippen LogP contribution in [0.1, 0.15) is 51.4 Å². The Bertz CT molecular complexity index is 190. The molecule has 0 aromatic rings. The molecule has 15 heavy (non-hydrogen) atoms. The molecule has 0 aromatic carbocycles. The normalized spacial score (nSPS) is 20.1. The van der Waals surface area contributed by atoms with E-state index in [1.807, 2.05) is 0 Å². The van der Waals surface area contributed by atoms with Gasteiger partial charge in [0.2, 0.25) is 0 Å². The fraction of sp³-hybridized carbons (Fsp3) is 0.909. The van der Waals surface area contributed by atoms with Crippen LogP contribution in [0.2, 0.25) is 0 Å². The van der Waals surface area contributed by atoms with Gasteiger partial charge in [-0.05, 0) is 25.7 Å². The van der Waals surface area contributed by atoms with E-state index in [0.717, 1.165) is 12.8 Å². The monoisotopic (exact) mass is 215 g/mol. The molecule has 3 N–H and O–H groups in total. The van der Waals surface area contributed by atoms with Crippen LogP contribution in [0, 0.1) is 0 Å². The van der Waals surface area contributed by atoms with Crippen molar-refractivity contribution < 1.29 is 15.0 Å². The van der Waals surface area contributed by atoms with Gasteiger partial charge in [-0.1, -0.05) is 19.3 Å². The number of aliphatic carboxylic acids is 1. The van der Waals surface area contributed by atoms with Gasteiger partial charge in [0.05, 0.1) is 0 Å². The molecule has 1 unspecified atom stereocenters. The van der Waals surface area contributed by atoms with Crippen LogP contribution < -0.4 is 5.32 Å². The van der Waals surface area contributed by atoms with Crippen molar-refractivity contribution >= 4 is 5.97 Å². The van der Waals surface area contributed by atoms with Crippen molar-refractivity contribution in [1.29, 1.82) is 0 Å². The van der Waals surface area contributed by atoms with E-state index in [-0.39, 0.29) is 6.42 Å². The number of carboxylic acids is 1. The molecule has 1 saturated carbocycles. The number of hydrogen-bond acceptors (Lipinski definition) is 3. The van der Waals surface area contributed by atoms with Gasteiger partial charge in [-0.3, -0.25) is 10.1 Å². The molecule has 0 saturated heterocycles. The van der Waals surface area contributed by atoms with Crippen LogP contribution in [0.4, 0.5) is 0 Å². The average molecular weight is 215 g/mol. The maximum absolute atomic E-state index is 10.3. The molecular formula is C11H21NO3. The Labute approximate surface area is 90.7 Å². The highest BCUT2D eigenvalue weighted by atomic mass is 16.4. The first-order valence-electron chi connectivity index (χ1n) is 5.84. The van der Waals surface area contributed by atoms with E-state index in [4.69, 9.17) is 5.11 Å². The molecule has 4 nitrogen and oxygen atoms in total. The zero-order valence-electron chi connectivity index (χ0n) is 9.11. The van der Waals surface area contributed by atoms with Gasteiger partial charge in [0.15, 0.2) is 0 Å². The Hall–Kier alpha value is -0.610. The molecule has 0 spiro atoms. The molecule has 1 rings (SSSR count). The van der Waals surface area contributed by atoms with Crippen LogP contribution in [0.3, 0.4) is 0 Å². The summed E-state index contributed by atoms with van der Waals surface area (Å²) in [6.45, 7) is 0. The number of hydrogen-bond donors (Lipinski definition) is 3. The Balaban J connectivity index is 2.06. The van der Waals surface area contributed by atoms with Crippen molar-refractivity contribution in [2.24, 2.45) is 0 Å². The lowest BCUT2D eigenvalue weighted by molar-refractivity contribution is -0.137. The van der Waals surface area contributed by atoms with Crippen LogP contribution in [0.25, 0.3) is 0 Å². The Morgan fingerprint density at radius 2 is 2.00 bits per heavy atom. The minimum Gasteiger partial charge on any atom is -0.481 e. The molecule has 88 valence electrons. The molecule has 1 fully saturated rings. The number of carbonyl (C=O) groups is 1. The molecule has 1 aliphatic carbocycles. The summed E-state index contributed by atoms with van der Waals surface area (Å²) in [6.07, 6.45) is 6.72. The van der Waals surface area contributed by atoms with E-state index in [1.165, 1.54) is 19.3 Å². The predicted octanol–water partition coefficient (Wildman–Crippen LogP) is 1.48. The number of aliphatic hydroxyl groups is 1. The van der Waals surface area contributed by atoms with Crippen molar-refractivity contribution in [1.82, 2.24) is 5.32 Å². The van der Waals surface area contributed by atoms with Crippen molar-refractivity contribution in [2.45, 2.75) is 63.6 Å². The maximum atomic E-state index is 10.3. The SMILES string of the molecule is O=C(O)CCCC(O)NC1CCCCC1. The lowest BCUT2D eigenvalue weighted by atomic mass is 9.95. The highest BCUT2D eigenvalue weighted by Gasteiger charge is 2.16. The summed E-state index contributed by atoms with van der Waals surface area (Å²) in [5.74, 6) is -0.792. The second-order valence-electron chi connectivity index (χ2n) is 4.30. The summed E-state index contributed by atoms with van der Waals surface area (Å²) in [5.41, 5.74) is 0. The molecule has 0 aromatic heterocycles. The molecule has 4 heteroatoms. The zero-order valence-corrected chi connectivity index (χ0v) is 9.11. The molecule has 0 bridgehead atoms.